The van der Waals surface area contributed by atoms with Gasteiger partial charge in [0.2, 0.25) is 0 Å². The summed E-state index contributed by atoms with van der Waals surface area (Å²) in [5.74, 6) is 1.61. The molecule has 120 valence electrons. The van der Waals surface area contributed by atoms with Gasteiger partial charge in [0, 0.05) is 29.7 Å². The number of nitrogens with one attached hydrogen (secondary N) is 1. The van der Waals surface area contributed by atoms with Crippen molar-refractivity contribution in [1.29, 1.82) is 0 Å². The van der Waals surface area contributed by atoms with Crippen molar-refractivity contribution in [2.45, 2.75) is 18.9 Å². The molecule has 2 bridgehead atoms. The maximum atomic E-state index is 12.4. The smallest absolute Gasteiger partial charge is 0.287 e. The normalized spacial score (nSPS) is 26.2. The van der Waals surface area contributed by atoms with E-state index in [4.69, 9.17) is 16.0 Å². The maximum Gasteiger partial charge on any atom is 0.287 e. The summed E-state index contributed by atoms with van der Waals surface area (Å²) in [6.45, 7) is 3.30. The molecule has 4 rings (SSSR count). The lowest BCUT2D eigenvalue weighted by molar-refractivity contribution is 0.0882. The van der Waals surface area contributed by atoms with Crippen molar-refractivity contribution in [3.05, 3.63) is 47.2 Å². The van der Waals surface area contributed by atoms with Gasteiger partial charge in [0.25, 0.3) is 5.91 Å². The van der Waals surface area contributed by atoms with E-state index in [2.05, 4.69) is 10.2 Å². The first kappa shape index (κ1) is 14.8. The van der Waals surface area contributed by atoms with Gasteiger partial charge < -0.3 is 14.6 Å². The topological polar surface area (TPSA) is 45.5 Å². The predicted molar refractivity (Wildman–Crippen MR) is 89.6 cm³/mol. The summed E-state index contributed by atoms with van der Waals surface area (Å²) in [7, 11) is 0. The number of piperidine rings is 1. The highest BCUT2D eigenvalue weighted by molar-refractivity contribution is 6.30. The van der Waals surface area contributed by atoms with Gasteiger partial charge in [-0.15, -0.1) is 0 Å². The van der Waals surface area contributed by atoms with Gasteiger partial charge in [-0.25, -0.2) is 0 Å². The average molecular weight is 331 g/mol. The number of carbonyl (C=O) groups is 1. The molecule has 2 aromatic rings. The van der Waals surface area contributed by atoms with Gasteiger partial charge in [0.1, 0.15) is 5.76 Å². The Morgan fingerprint density at radius 1 is 1.26 bits per heavy atom. The van der Waals surface area contributed by atoms with Gasteiger partial charge in [-0.1, -0.05) is 23.7 Å². The lowest BCUT2D eigenvalue weighted by Crippen LogP contribution is -2.46. The Labute approximate surface area is 140 Å². The monoisotopic (exact) mass is 330 g/mol. The molecule has 0 radical (unpaired) electrons. The standard InChI is InChI=1S/C18H19ClN2O2/c19-14-3-1-2-13(9-14)16-4-5-17(23-16)18(22)20-15-8-12-6-7-21(10-12)11-15/h1-5,9,12,15H,6-8,10-11H2,(H,20,22)/t12-,15+/m0/s1. The lowest BCUT2D eigenvalue weighted by atomic mass is 9.97. The molecule has 0 aliphatic carbocycles. The van der Waals surface area contributed by atoms with E-state index in [-0.39, 0.29) is 11.9 Å². The van der Waals surface area contributed by atoms with Crippen molar-refractivity contribution in [2.24, 2.45) is 5.92 Å². The van der Waals surface area contributed by atoms with Crippen molar-refractivity contribution in [1.82, 2.24) is 10.2 Å². The van der Waals surface area contributed by atoms with Crippen LogP contribution in [0.25, 0.3) is 11.3 Å². The molecule has 0 spiro atoms. The second-order valence-corrected chi connectivity index (χ2v) is 6.93. The van der Waals surface area contributed by atoms with Crippen LogP contribution in [0.5, 0.6) is 0 Å². The van der Waals surface area contributed by atoms with Gasteiger partial charge in [0.05, 0.1) is 0 Å². The zero-order chi connectivity index (χ0) is 15.8. The molecule has 1 aromatic carbocycles. The van der Waals surface area contributed by atoms with E-state index in [9.17, 15) is 4.79 Å². The highest BCUT2D eigenvalue weighted by atomic mass is 35.5. The lowest BCUT2D eigenvalue weighted by Gasteiger charge is -2.30. The van der Waals surface area contributed by atoms with Crippen LogP contribution in [0, 0.1) is 5.92 Å². The summed E-state index contributed by atoms with van der Waals surface area (Å²) in [6.07, 6.45) is 2.33. The van der Waals surface area contributed by atoms with Crippen LogP contribution in [0.4, 0.5) is 0 Å². The Hall–Kier alpha value is -1.78. The molecule has 1 aromatic heterocycles. The van der Waals surface area contributed by atoms with Crippen molar-refractivity contribution in [3.63, 3.8) is 0 Å². The van der Waals surface area contributed by atoms with Gasteiger partial charge in [-0.05, 0) is 49.6 Å². The molecule has 2 fully saturated rings. The summed E-state index contributed by atoms with van der Waals surface area (Å²) in [5.41, 5.74) is 0.873. The number of rotatable bonds is 3. The second kappa shape index (κ2) is 6.02. The number of furan rings is 1. The van der Waals surface area contributed by atoms with E-state index >= 15 is 0 Å². The average Bonchev–Trinajstić information content (AvgIpc) is 3.14. The first-order valence-corrected chi connectivity index (χ1v) is 8.44. The molecule has 3 atom stereocenters. The number of carbonyl (C=O) groups excluding carboxylic acids is 1. The summed E-state index contributed by atoms with van der Waals surface area (Å²) < 4.78 is 5.71. The van der Waals surface area contributed by atoms with E-state index in [0.717, 1.165) is 31.0 Å². The third kappa shape index (κ3) is 3.14. The Kier molecular flexibility index (Phi) is 3.87. The Morgan fingerprint density at radius 2 is 2.17 bits per heavy atom. The minimum atomic E-state index is -0.134. The number of nitrogens with zero attached hydrogens (tertiary/aromatic N) is 1. The van der Waals surface area contributed by atoms with Crippen LogP contribution < -0.4 is 5.32 Å². The van der Waals surface area contributed by atoms with E-state index < -0.39 is 0 Å². The SMILES string of the molecule is O=C(N[C@@H]1C[C@@H]2CCN(C2)C1)c1ccc(-c2cccc(Cl)c2)o1. The molecule has 4 nitrogen and oxygen atoms in total. The van der Waals surface area contributed by atoms with Gasteiger partial charge >= 0.3 is 0 Å². The number of halogens is 1. The number of fused-ring (bicyclic) bond motifs is 2. The van der Waals surface area contributed by atoms with Crippen LogP contribution in [0.3, 0.4) is 0 Å². The summed E-state index contributed by atoms with van der Waals surface area (Å²) in [6, 6.07) is 11.2. The molecule has 0 saturated carbocycles. The minimum Gasteiger partial charge on any atom is -0.451 e. The van der Waals surface area contributed by atoms with Crippen LogP contribution in [0.1, 0.15) is 23.4 Å². The first-order chi connectivity index (χ1) is 11.2. The van der Waals surface area contributed by atoms with Crippen molar-refractivity contribution in [3.8, 4) is 11.3 Å². The quantitative estimate of drug-likeness (QED) is 0.938. The van der Waals surface area contributed by atoms with Crippen LogP contribution in [0.2, 0.25) is 5.02 Å². The fourth-order valence-electron chi connectivity index (χ4n) is 3.68. The van der Waals surface area contributed by atoms with Crippen LogP contribution in [0.15, 0.2) is 40.8 Å². The molecule has 3 heterocycles. The van der Waals surface area contributed by atoms with E-state index in [1.165, 1.54) is 13.0 Å². The molecule has 5 heteroatoms. The fourth-order valence-corrected chi connectivity index (χ4v) is 3.87. The predicted octanol–water partition coefficient (Wildman–Crippen LogP) is 3.42. The first-order valence-electron chi connectivity index (χ1n) is 8.06. The second-order valence-electron chi connectivity index (χ2n) is 6.49. The van der Waals surface area contributed by atoms with E-state index in [1.807, 2.05) is 30.3 Å². The zero-order valence-electron chi connectivity index (χ0n) is 12.8. The minimum absolute atomic E-state index is 0.134. The van der Waals surface area contributed by atoms with Crippen molar-refractivity contribution < 1.29 is 9.21 Å². The van der Waals surface area contributed by atoms with Gasteiger partial charge in [-0.3, -0.25) is 4.79 Å². The van der Waals surface area contributed by atoms with Gasteiger partial charge in [0.15, 0.2) is 5.76 Å². The van der Waals surface area contributed by atoms with Gasteiger partial charge in [-0.2, -0.15) is 0 Å². The van der Waals surface area contributed by atoms with E-state index in [1.54, 1.807) is 6.07 Å². The molecular weight excluding hydrogens is 312 g/mol. The third-order valence-electron chi connectivity index (χ3n) is 4.74. The van der Waals surface area contributed by atoms with E-state index in [0.29, 0.717) is 16.5 Å². The molecular formula is C18H19ClN2O2. The van der Waals surface area contributed by atoms with Crippen molar-refractivity contribution in [2.75, 3.05) is 19.6 Å². The Bertz CT molecular complexity index is 715. The molecule has 23 heavy (non-hydrogen) atoms. The zero-order valence-corrected chi connectivity index (χ0v) is 13.6. The summed E-state index contributed by atoms with van der Waals surface area (Å²) in [5, 5.41) is 3.76. The summed E-state index contributed by atoms with van der Waals surface area (Å²) >= 11 is 6.00. The molecule has 1 amide bonds. The number of hydrogen-bond donors (Lipinski definition) is 1. The molecule has 1 unspecified atom stereocenters. The van der Waals surface area contributed by atoms with Crippen LogP contribution >= 0.6 is 11.6 Å². The van der Waals surface area contributed by atoms with Crippen LogP contribution in [-0.4, -0.2) is 36.5 Å². The van der Waals surface area contributed by atoms with Crippen molar-refractivity contribution >= 4 is 17.5 Å². The highest BCUT2D eigenvalue weighted by Crippen LogP contribution is 2.28. The molecule has 2 aliphatic heterocycles. The maximum absolute atomic E-state index is 12.4. The number of benzene rings is 1. The number of hydrogen-bond acceptors (Lipinski definition) is 3. The Balaban J connectivity index is 1.45. The largest absolute Gasteiger partial charge is 0.451 e. The molecule has 1 N–H and O–H groups in total. The third-order valence-corrected chi connectivity index (χ3v) is 4.98. The Morgan fingerprint density at radius 3 is 3.00 bits per heavy atom. The highest BCUT2D eigenvalue weighted by Gasteiger charge is 2.33. The number of amides is 1. The van der Waals surface area contributed by atoms with Crippen LogP contribution in [-0.2, 0) is 0 Å². The summed E-state index contributed by atoms with van der Waals surface area (Å²) in [4.78, 5) is 14.8. The molecule has 2 aliphatic rings. The molecule has 2 saturated heterocycles. The fraction of sp³-hybridized carbons (Fsp3) is 0.389.